The fourth-order valence-corrected chi connectivity index (χ4v) is 2.68. The molecule has 2 N–H and O–H groups in total. The second kappa shape index (κ2) is 6.12. The Bertz CT molecular complexity index is 964. The van der Waals surface area contributed by atoms with Crippen LogP contribution < -0.4 is 10.6 Å². The molecule has 0 unspecified atom stereocenters. The van der Waals surface area contributed by atoms with Crippen molar-refractivity contribution < 1.29 is 22.8 Å². The van der Waals surface area contributed by atoms with E-state index in [0.29, 0.717) is 27.2 Å². The summed E-state index contributed by atoms with van der Waals surface area (Å²) in [7, 11) is 0. The number of hydrogen-bond donors (Lipinski definition) is 2. The molecule has 2 amide bonds. The Labute approximate surface area is 141 Å². The van der Waals surface area contributed by atoms with Crippen LogP contribution in [0.3, 0.4) is 0 Å². The summed E-state index contributed by atoms with van der Waals surface area (Å²) in [6, 6.07) is 6.28. The second-order valence-electron chi connectivity index (χ2n) is 4.84. The van der Waals surface area contributed by atoms with Gasteiger partial charge in [0.2, 0.25) is 15.9 Å². The van der Waals surface area contributed by atoms with Crippen molar-refractivity contribution in [2.75, 3.05) is 10.6 Å². The van der Waals surface area contributed by atoms with E-state index in [9.17, 15) is 22.8 Å². The number of amides is 2. The van der Waals surface area contributed by atoms with Gasteiger partial charge in [0.1, 0.15) is 0 Å². The van der Waals surface area contributed by atoms with E-state index in [2.05, 4.69) is 25.9 Å². The highest BCUT2D eigenvalue weighted by Gasteiger charge is 2.38. The third-order valence-corrected chi connectivity index (χ3v) is 3.78. The van der Waals surface area contributed by atoms with Gasteiger partial charge >= 0.3 is 6.18 Å². The van der Waals surface area contributed by atoms with E-state index >= 15 is 0 Å². The molecule has 3 aromatic rings. The van der Waals surface area contributed by atoms with E-state index < -0.39 is 17.9 Å². The van der Waals surface area contributed by atoms with E-state index in [0.717, 1.165) is 0 Å². The average Bonchev–Trinajstić information content (AvgIpc) is 3.05. The van der Waals surface area contributed by atoms with Crippen LogP contribution in [0.15, 0.2) is 24.3 Å². The van der Waals surface area contributed by atoms with Crippen molar-refractivity contribution in [3.8, 4) is 0 Å². The Morgan fingerprint density at radius 1 is 1.16 bits per heavy atom. The normalized spacial score (nSPS) is 11.5. The van der Waals surface area contributed by atoms with Crippen molar-refractivity contribution in [2.24, 2.45) is 0 Å². The SMILES string of the molecule is CC(=O)Nc1cccc(NC(=O)c2nn3c(C(F)(F)F)nnc3s2)c1. The quantitative estimate of drug-likeness (QED) is 0.737. The Morgan fingerprint density at radius 2 is 1.84 bits per heavy atom. The lowest BCUT2D eigenvalue weighted by Crippen LogP contribution is -2.15. The molecule has 2 aromatic heterocycles. The van der Waals surface area contributed by atoms with Gasteiger partial charge in [0.25, 0.3) is 11.7 Å². The average molecular weight is 370 g/mol. The highest BCUT2D eigenvalue weighted by molar-refractivity contribution is 7.18. The van der Waals surface area contributed by atoms with Crippen LogP contribution in [0.5, 0.6) is 0 Å². The minimum atomic E-state index is -4.73. The standard InChI is InChI=1S/C13H9F3N6O2S/c1-6(23)17-7-3-2-4-8(5-7)18-9(24)10-21-22-11(13(14,15)16)19-20-12(22)25-10/h2-5H,1H3,(H,17,23)(H,18,24). The summed E-state index contributed by atoms with van der Waals surface area (Å²) in [5, 5.41) is 14.8. The van der Waals surface area contributed by atoms with E-state index in [1.54, 1.807) is 18.2 Å². The summed E-state index contributed by atoms with van der Waals surface area (Å²) < 4.78 is 38.8. The number of fused-ring (bicyclic) bond motifs is 1. The molecule has 0 radical (unpaired) electrons. The van der Waals surface area contributed by atoms with Crippen LogP contribution in [0, 0.1) is 0 Å². The van der Waals surface area contributed by atoms with Gasteiger partial charge in [-0.05, 0) is 18.2 Å². The first-order valence-electron chi connectivity index (χ1n) is 6.72. The Balaban J connectivity index is 1.83. The summed E-state index contributed by atoms with van der Waals surface area (Å²) in [6.45, 7) is 1.34. The van der Waals surface area contributed by atoms with Crippen LogP contribution in [-0.2, 0) is 11.0 Å². The van der Waals surface area contributed by atoms with Crippen LogP contribution in [-0.4, -0.2) is 31.6 Å². The minimum absolute atomic E-state index is 0.149. The minimum Gasteiger partial charge on any atom is -0.326 e. The largest absolute Gasteiger partial charge is 0.453 e. The lowest BCUT2D eigenvalue weighted by atomic mass is 10.2. The fourth-order valence-electron chi connectivity index (χ4n) is 1.95. The maximum Gasteiger partial charge on any atom is 0.453 e. The molecule has 0 spiro atoms. The first-order valence-corrected chi connectivity index (χ1v) is 7.54. The number of rotatable bonds is 3. The number of carbonyl (C=O) groups excluding carboxylic acids is 2. The molecular weight excluding hydrogens is 361 g/mol. The number of benzene rings is 1. The van der Waals surface area contributed by atoms with Crippen LogP contribution >= 0.6 is 11.3 Å². The fraction of sp³-hybridized carbons (Fsp3) is 0.154. The van der Waals surface area contributed by atoms with E-state index in [1.165, 1.54) is 13.0 Å². The van der Waals surface area contributed by atoms with Gasteiger partial charge in [-0.25, -0.2) is 0 Å². The number of hydrogen-bond acceptors (Lipinski definition) is 6. The van der Waals surface area contributed by atoms with Gasteiger partial charge in [0.15, 0.2) is 0 Å². The summed E-state index contributed by atoms with van der Waals surface area (Å²) >= 11 is 0.673. The molecule has 0 fully saturated rings. The zero-order chi connectivity index (χ0) is 18.2. The summed E-state index contributed by atoms with van der Waals surface area (Å²) in [5.41, 5.74) is 0.807. The lowest BCUT2D eigenvalue weighted by molar-refractivity contribution is -0.146. The number of nitrogens with zero attached hydrogens (tertiary/aromatic N) is 4. The molecule has 130 valence electrons. The lowest BCUT2D eigenvalue weighted by Gasteiger charge is -2.06. The Kier molecular flexibility index (Phi) is 4.12. The molecule has 25 heavy (non-hydrogen) atoms. The molecule has 3 rings (SSSR count). The molecule has 0 aliphatic rings. The molecule has 0 aliphatic carbocycles. The summed E-state index contributed by atoms with van der Waals surface area (Å²) in [5.74, 6) is -2.29. The van der Waals surface area contributed by atoms with Gasteiger partial charge < -0.3 is 10.6 Å². The third kappa shape index (κ3) is 3.57. The van der Waals surface area contributed by atoms with Crippen LogP contribution in [0.4, 0.5) is 24.5 Å². The molecule has 0 saturated carbocycles. The first kappa shape index (κ1) is 16.8. The molecule has 0 aliphatic heterocycles. The van der Waals surface area contributed by atoms with Gasteiger partial charge in [-0.2, -0.15) is 17.7 Å². The second-order valence-corrected chi connectivity index (χ2v) is 5.80. The molecule has 2 heterocycles. The maximum absolute atomic E-state index is 12.8. The number of nitrogens with one attached hydrogen (secondary N) is 2. The molecule has 0 saturated heterocycles. The van der Waals surface area contributed by atoms with Crippen molar-refractivity contribution in [3.05, 3.63) is 35.1 Å². The highest BCUT2D eigenvalue weighted by atomic mass is 32.1. The van der Waals surface area contributed by atoms with Gasteiger partial charge in [-0.15, -0.1) is 15.3 Å². The third-order valence-electron chi connectivity index (χ3n) is 2.88. The molecule has 0 atom stereocenters. The Hall–Kier alpha value is -3.02. The van der Waals surface area contributed by atoms with Gasteiger partial charge in [0, 0.05) is 18.3 Å². The molecule has 8 nitrogen and oxygen atoms in total. The molecule has 1 aromatic carbocycles. The maximum atomic E-state index is 12.8. The number of halogens is 3. The number of alkyl halides is 3. The van der Waals surface area contributed by atoms with Crippen LogP contribution in [0.1, 0.15) is 22.6 Å². The van der Waals surface area contributed by atoms with Gasteiger partial charge in [-0.3, -0.25) is 9.59 Å². The van der Waals surface area contributed by atoms with E-state index in [1.807, 2.05) is 0 Å². The zero-order valence-electron chi connectivity index (χ0n) is 12.5. The summed E-state index contributed by atoms with van der Waals surface area (Å²) in [6.07, 6.45) is -4.73. The van der Waals surface area contributed by atoms with Crippen molar-refractivity contribution in [3.63, 3.8) is 0 Å². The molecule has 0 bridgehead atoms. The summed E-state index contributed by atoms with van der Waals surface area (Å²) in [4.78, 5) is 23.1. The van der Waals surface area contributed by atoms with Gasteiger partial charge in [-0.1, -0.05) is 17.4 Å². The van der Waals surface area contributed by atoms with Crippen LogP contribution in [0.2, 0.25) is 0 Å². The highest BCUT2D eigenvalue weighted by Crippen LogP contribution is 2.29. The topological polar surface area (TPSA) is 101 Å². The van der Waals surface area contributed by atoms with Crippen molar-refractivity contribution >= 4 is 39.5 Å². The monoisotopic (exact) mass is 370 g/mol. The van der Waals surface area contributed by atoms with Crippen LogP contribution in [0.25, 0.3) is 4.96 Å². The van der Waals surface area contributed by atoms with Gasteiger partial charge in [0.05, 0.1) is 0 Å². The van der Waals surface area contributed by atoms with E-state index in [-0.39, 0.29) is 15.9 Å². The number of aromatic nitrogens is 4. The first-order chi connectivity index (χ1) is 11.7. The van der Waals surface area contributed by atoms with Crippen molar-refractivity contribution in [1.29, 1.82) is 0 Å². The zero-order valence-corrected chi connectivity index (χ0v) is 13.3. The number of anilines is 2. The molecular formula is C13H9F3N6O2S. The smallest absolute Gasteiger partial charge is 0.326 e. The van der Waals surface area contributed by atoms with Crippen molar-refractivity contribution in [2.45, 2.75) is 13.1 Å². The Morgan fingerprint density at radius 3 is 2.48 bits per heavy atom. The predicted octanol–water partition coefficient (Wildman–Crippen LogP) is 2.42. The van der Waals surface area contributed by atoms with E-state index in [4.69, 9.17) is 0 Å². The number of carbonyl (C=O) groups is 2. The molecule has 12 heteroatoms. The van der Waals surface area contributed by atoms with Crippen molar-refractivity contribution in [1.82, 2.24) is 19.8 Å². The predicted molar refractivity (Wildman–Crippen MR) is 82.4 cm³/mol.